The van der Waals surface area contributed by atoms with Crippen molar-refractivity contribution in [2.45, 2.75) is 27.2 Å². The molecule has 1 N–H and O–H groups in total. The third-order valence-electron chi connectivity index (χ3n) is 3.06. The van der Waals surface area contributed by atoms with E-state index in [4.69, 9.17) is 0 Å². The Kier molecular flexibility index (Phi) is 4.42. The average molecular weight is 338 g/mol. The van der Waals surface area contributed by atoms with Gasteiger partial charge in [0.2, 0.25) is 0 Å². The molecule has 0 saturated heterocycles. The lowest BCUT2D eigenvalue weighted by Crippen LogP contribution is -2.12. The molecule has 1 amide bonds. The first kappa shape index (κ1) is 14.3. The highest BCUT2D eigenvalue weighted by Gasteiger charge is 2.13. The zero-order valence-electron chi connectivity index (χ0n) is 11.2. The number of thiophene rings is 1. The van der Waals surface area contributed by atoms with Crippen LogP contribution in [0.2, 0.25) is 0 Å². The molecule has 0 bridgehead atoms. The summed E-state index contributed by atoms with van der Waals surface area (Å²) in [6.07, 6.45) is 0.907. The summed E-state index contributed by atoms with van der Waals surface area (Å²) in [6.45, 7) is 6.10. The summed E-state index contributed by atoms with van der Waals surface area (Å²) in [6, 6.07) is 8.01. The van der Waals surface area contributed by atoms with Gasteiger partial charge in [-0.3, -0.25) is 4.79 Å². The third-order valence-corrected chi connectivity index (χ3v) is 5.19. The first-order valence-electron chi connectivity index (χ1n) is 6.18. The molecule has 0 unspecified atom stereocenters. The molecule has 100 valence electrons. The number of anilines is 1. The van der Waals surface area contributed by atoms with Crippen LogP contribution in [0.25, 0.3) is 0 Å². The van der Waals surface area contributed by atoms with Gasteiger partial charge in [-0.25, -0.2) is 0 Å². The molecule has 2 nitrogen and oxygen atoms in total. The van der Waals surface area contributed by atoms with E-state index in [1.165, 1.54) is 16.9 Å². The van der Waals surface area contributed by atoms with E-state index in [-0.39, 0.29) is 5.91 Å². The van der Waals surface area contributed by atoms with E-state index in [2.05, 4.69) is 34.2 Å². The SMILES string of the molecule is CCc1cccc(C)c1NC(=O)c1cc(C)c(Br)s1. The molecule has 1 aromatic heterocycles. The molecule has 0 atom stereocenters. The number of carbonyl (C=O) groups excluding carboxylic acids is 1. The lowest BCUT2D eigenvalue weighted by atomic mass is 10.1. The van der Waals surface area contributed by atoms with Gasteiger partial charge in [-0.2, -0.15) is 0 Å². The van der Waals surface area contributed by atoms with Crippen LogP contribution in [0, 0.1) is 13.8 Å². The number of carbonyl (C=O) groups is 1. The first-order chi connectivity index (χ1) is 9.02. The van der Waals surface area contributed by atoms with Crippen LogP contribution in [-0.4, -0.2) is 5.91 Å². The largest absolute Gasteiger partial charge is 0.321 e. The molecular formula is C15H16BrNOS. The molecule has 0 radical (unpaired) electrons. The highest BCUT2D eigenvalue weighted by molar-refractivity contribution is 9.11. The van der Waals surface area contributed by atoms with Crippen molar-refractivity contribution in [1.29, 1.82) is 0 Å². The van der Waals surface area contributed by atoms with E-state index in [0.717, 1.165) is 31.9 Å². The summed E-state index contributed by atoms with van der Waals surface area (Å²) in [7, 11) is 0. The Balaban J connectivity index is 2.28. The molecule has 19 heavy (non-hydrogen) atoms. The minimum atomic E-state index is -0.0391. The fourth-order valence-corrected chi connectivity index (χ4v) is 3.38. The second kappa shape index (κ2) is 5.88. The summed E-state index contributed by atoms with van der Waals surface area (Å²) < 4.78 is 1.01. The molecule has 0 spiro atoms. The maximum atomic E-state index is 12.3. The van der Waals surface area contributed by atoms with Crippen LogP contribution in [0.1, 0.15) is 33.3 Å². The van der Waals surface area contributed by atoms with E-state index in [9.17, 15) is 4.79 Å². The number of nitrogens with one attached hydrogen (secondary N) is 1. The van der Waals surface area contributed by atoms with E-state index >= 15 is 0 Å². The smallest absolute Gasteiger partial charge is 0.265 e. The number of para-hydroxylation sites is 1. The van der Waals surface area contributed by atoms with Gasteiger partial charge in [-0.05, 0) is 59.0 Å². The van der Waals surface area contributed by atoms with Gasteiger partial charge >= 0.3 is 0 Å². The zero-order valence-corrected chi connectivity index (χ0v) is 13.6. The molecule has 0 aliphatic heterocycles. The Labute approximate surface area is 126 Å². The van der Waals surface area contributed by atoms with Crippen molar-refractivity contribution in [2.24, 2.45) is 0 Å². The van der Waals surface area contributed by atoms with Gasteiger partial charge in [-0.15, -0.1) is 11.3 Å². The van der Waals surface area contributed by atoms with Crippen LogP contribution in [0.15, 0.2) is 28.1 Å². The first-order valence-corrected chi connectivity index (χ1v) is 7.79. The Hall–Kier alpha value is -1.13. The maximum absolute atomic E-state index is 12.3. The minimum Gasteiger partial charge on any atom is -0.321 e. The Bertz CT molecular complexity index is 599. The van der Waals surface area contributed by atoms with E-state index < -0.39 is 0 Å². The summed E-state index contributed by atoms with van der Waals surface area (Å²) >= 11 is 4.92. The fourth-order valence-electron chi connectivity index (χ4n) is 1.95. The molecule has 0 aliphatic rings. The van der Waals surface area contributed by atoms with Gasteiger partial charge < -0.3 is 5.32 Å². The Morgan fingerprint density at radius 2 is 2.05 bits per heavy atom. The topological polar surface area (TPSA) is 29.1 Å². The van der Waals surface area contributed by atoms with Crippen molar-refractivity contribution < 1.29 is 4.79 Å². The summed E-state index contributed by atoms with van der Waals surface area (Å²) in [5.41, 5.74) is 4.30. The van der Waals surface area contributed by atoms with Crippen molar-refractivity contribution in [3.63, 3.8) is 0 Å². The van der Waals surface area contributed by atoms with Gasteiger partial charge in [0.25, 0.3) is 5.91 Å². The van der Waals surface area contributed by atoms with E-state index in [0.29, 0.717) is 0 Å². The molecule has 1 heterocycles. The number of hydrogen-bond acceptors (Lipinski definition) is 2. The number of benzene rings is 1. The van der Waals surface area contributed by atoms with Crippen LogP contribution in [0.3, 0.4) is 0 Å². The van der Waals surface area contributed by atoms with Crippen molar-refractivity contribution in [1.82, 2.24) is 0 Å². The second-order valence-electron chi connectivity index (χ2n) is 4.48. The van der Waals surface area contributed by atoms with E-state index in [1.54, 1.807) is 0 Å². The Morgan fingerprint density at radius 3 is 2.63 bits per heavy atom. The van der Waals surface area contributed by atoms with Crippen LogP contribution >= 0.6 is 27.3 Å². The number of amides is 1. The molecule has 4 heteroatoms. The monoisotopic (exact) mass is 337 g/mol. The average Bonchev–Trinajstić information content (AvgIpc) is 2.72. The highest BCUT2D eigenvalue weighted by atomic mass is 79.9. The van der Waals surface area contributed by atoms with Crippen molar-refractivity contribution in [2.75, 3.05) is 5.32 Å². The minimum absolute atomic E-state index is 0.0391. The zero-order chi connectivity index (χ0) is 14.0. The van der Waals surface area contributed by atoms with Gasteiger partial charge in [-0.1, -0.05) is 25.1 Å². The Morgan fingerprint density at radius 1 is 1.32 bits per heavy atom. The lowest BCUT2D eigenvalue weighted by Gasteiger charge is -2.12. The molecule has 2 aromatic rings. The number of halogens is 1. The van der Waals surface area contributed by atoms with E-state index in [1.807, 2.05) is 32.0 Å². The molecule has 1 aromatic carbocycles. The summed E-state index contributed by atoms with van der Waals surface area (Å²) in [5.74, 6) is -0.0391. The number of hydrogen-bond donors (Lipinski definition) is 1. The van der Waals surface area contributed by atoms with Crippen molar-refractivity contribution >= 4 is 38.9 Å². The van der Waals surface area contributed by atoms with Gasteiger partial charge in [0.1, 0.15) is 0 Å². The predicted octanol–water partition coefficient (Wildman–Crippen LogP) is 4.94. The van der Waals surface area contributed by atoms with Crippen LogP contribution < -0.4 is 5.32 Å². The summed E-state index contributed by atoms with van der Waals surface area (Å²) in [4.78, 5) is 13.0. The predicted molar refractivity (Wildman–Crippen MR) is 85.3 cm³/mol. The highest BCUT2D eigenvalue weighted by Crippen LogP contribution is 2.29. The lowest BCUT2D eigenvalue weighted by molar-refractivity contribution is 0.103. The normalized spacial score (nSPS) is 10.5. The van der Waals surface area contributed by atoms with Gasteiger partial charge in [0.05, 0.1) is 8.66 Å². The standard InChI is InChI=1S/C15H16BrNOS/c1-4-11-7-5-6-9(2)13(11)17-15(18)12-8-10(3)14(16)19-12/h5-8H,4H2,1-3H3,(H,17,18). The van der Waals surface area contributed by atoms with Crippen LogP contribution in [-0.2, 0) is 6.42 Å². The molecule has 0 aliphatic carbocycles. The molecule has 2 rings (SSSR count). The van der Waals surface area contributed by atoms with Gasteiger partial charge in [0.15, 0.2) is 0 Å². The second-order valence-corrected chi connectivity index (χ2v) is 6.85. The van der Waals surface area contributed by atoms with Crippen LogP contribution in [0.4, 0.5) is 5.69 Å². The molecule has 0 fully saturated rings. The maximum Gasteiger partial charge on any atom is 0.265 e. The third kappa shape index (κ3) is 3.07. The van der Waals surface area contributed by atoms with Crippen molar-refractivity contribution in [3.05, 3.63) is 49.6 Å². The number of rotatable bonds is 3. The van der Waals surface area contributed by atoms with Gasteiger partial charge in [0, 0.05) is 5.69 Å². The molecular weight excluding hydrogens is 322 g/mol. The quantitative estimate of drug-likeness (QED) is 0.844. The number of aryl methyl sites for hydroxylation is 3. The summed E-state index contributed by atoms with van der Waals surface area (Å²) in [5, 5.41) is 3.04. The fraction of sp³-hybridized carbons (Fsp3) is 0.267. The van der Waals surface area contributed by atoms with Crippen molar-refractivity contribution in [3.8, 4) is 0 Å². The molecule has 0 saturated carbocycles. The van der Waals surface area contributed by atoms with Crippen LogP contribution in [0.5, 0.6) is 0 Å².